The van der Waals surface area contributed by atoms with Gasteiger partial charge in [-0.25, -0.2) is 0 Å². The number of halogens is 2. The molecule has 0 aromatic heterocycles. The van der Waals surface area contributed by atoms with Crippen LogP contribution < -0.4 is 11.5 Å². The van der Waals surface area contributed by atoms with E-state index in [9.17, 15) is 0 Å². The Balaban J connectivity index is 0. The molecule has 0 aromatic carbocycles. The van der Waals surface area contributed by atoms with Gasteiger partial charge in [-0.05, 0) is 13.0 Å². The Morgan fingerprint density at radius 2 is 2.00 bits per heavy atom. The van der Waals surface area contributed by atoms with E-state index in [4.69, 9.17) is 5.11 Å². The summed E-state index contributed by atoms with van der Waals surface area (Å²) in [6.45, 7) is 1.78. The van der Waals surface area contributed by atoms with Gasteiger partial charge < -0.3 is 16.6 Å². The Morgan fingerprint density at radius 1 is 1.50 bits per heavy atom. The quantitative estimate of drug-likeness (QED) is 0.397. The molecule has 1 heterocycles. The molecule has 10 heavy (non-hydrogen) atoms. The number of rotatable bonds is 0. The van der Waals surface area contributed by atoms with Gasteiger partial charge in [0.2, 0.25) is 0 Å². The van der Waals surface area contributed by atoms with Gasteiger partial charge in [-0.1, -0.05) is 0 Å². The predicted octanol–water partition coefficient (Wildman–Crippen LogP) is 1.27. The fourth-order valence-electron chi connectivity index (χ4n) is 0.639. The fourth-order valence-corrected chi connectivity index (χ4v) is 0.639. The molecule has 0 aliphatic carbocycles. The van der Waals surface area contributed by atoms with E-state index in [1.165, 1.54) is 0 Å². The fraction of sp³-hybridized carbons (Fsp3) is 1.00. The van der Waals surface area contributed by atoms with E-state index in [0.717, 1.165) is 19.5 Å². The number of aliphatic hydroxyl groups is 1. The zero-order valence-electron chi connectivity index (χ0n) is 5.43. The average Bonchev–Trinajstić information content (AvgIpc) is 2.20. The number of aliphatic hydroxyl groups excluding tert-OH is 1. The van der Waals surface area contributed by atoms with Crippen molar-refractivity contribution in [2.45, 2.75) is 12.5 Å². The molecule has 1 fully saturated rings. The summed E-state index contributed by atoms with van der Waals surface area (Å²) in [5.41, 5.74) is 0. The van der Waals surface area contributed by atoms with Crippen molar-refractivity contribution in [1.29, 1.82) is 0 Å². The summed E-state index contributed by atoms with van der Waals surface area (Å²) in [6.07, 6.45) is 0.866. The van der Waals surface area contributed by atoms with Crippen molar-refractivity contribution in [3.05, 3.63) is 0 Å². The molecule has 0 spiro atoms. The molecular weight excluding hydrogens is 541 g/mol. The number of nitrogens with one attached hydrogen (secondary N) is 1. The van der Waals surface area contributed by atoms with Gasteiger partial charge in [0.05, 0.1) is 6.10 Å². The van der Waals surface area contributed by atoms with Crippen molar-refractivity contribution < 1.29 is 16.3 Å². The Labute approximate surface area is 90.9 Å². The van der Waals surface area contributed by atoms with Crippen molar-refractivity contribution in [2.24, 2.45) is 0 Å². The van der Waals surface area contributed by atoms with Gasteiger partial charge in [0.25, 0.3) is 0 Å². The van der Waals surface area contributed by atoms with E-state index in [1.807, 2.05) is 0 Å². The van der Waals surface area contributed by atoms with Crippen LogP contribution in [0.4, 0.5) is 0 Å². The first-order valence-electron chi connectivity index (χ1n) is 2.52. The molecule has 68 valence electrons. The van der Waals surface area contributed by atoms with Gasteiger partial charge in [0.1, 0.15) is 0 Å². The van der Waals surface area contributed by atoms with Gasteiger partial charge >= 0.3 is 49.9 Å². The summed E-state index contributed by atoms with van der Waals surface area (Å²) in [6, 6.07) is 0. The van der Waals surface area contributed by atoms with Crippen LogP contribution in [0.1, 0.15) is 6.42 Å². The van der Waals surface area contributed by atoms with Crippen LogP contribution in [0.3, 0.4) is 0 Å². The first-order chi connectivity index (χ1) is 4.31. The maximum atomic E-state index is 8.67. The van der Waals surface area contributed by atoms with Crippen LogP contribution in [0.15, 0.2) is 0 Å². The number of hydrogen-bond donors (Lipinski definition) is 3. The molecule has 1 aliphatic rings. The second-order valence-corrected chi connectivity index (χ2v) is 18.3. The summed E-state index contributed by atoms with van der Waals surface area (Å²) in [4.78, 5) is 0. The minimum absolute atomic E-state index is 0. The second kappa shape index (κ2) is 11.0. The van der Waals surface area contributed by atoms with E-state index in [2.05, 4.69) is 44.0 Å². The van der Waals surface area contributed by atoms with Crippen molar-refractivity contribution in [3.8, 4) is 0 Å². The van der Waals surface area contributed by atoms with Crippen molar-refractivity contribution >= 4 is 38.7 Å². The minimum atomic E-state index is -0.0648. The molecule has 0 aromatic rings. The first kappa shape index (κ1) is 14.5. The normalized spacial score (nSPS) is 22.9. The molecule has 5 N–H and O–H groups in total. The van der Waals surface area contributed by atoms with Gasteiger partial charge in [-0.15, -0.1) is 0 Å². The Hall–Kier alpha value is 2.03. The third-order valence-electron chi connectivity index (χ3n) is 1.03. The second-order valence-electron chi connectivity index (χ2n) is 1.69. The van der Waals surface area contributed by atoms with Gasteiger partial charge in [-0.3, -0.25) is 0 Å². The topological polar surface area (TPSA) is 67.3 Å². The molecule has 1 unspecified atom stereocenters. The standard InChI is InChI=1S/C4H9NO.2HI.H3N.Pt/c6-4-1-2-5-3-4;;;;/h4-6H,1-3H2;2*1H;1H3;/q;;;;+2/p-2. The molecule has 1 aliphatic heterocycles. The van der Waals surface area contributed by atoms with Gasteiger partial charge in [0.15, 0.2) is 0 Å². The zero-order valence-corrected chi connectivity index (χ0v) is 12.0. The van der Waals surface area contributed by atoms with Crippen molar-refractivity contribution in [3.63, 3.8) is 0 Å². The van der Waals surface area contributed by atoms with E-state index >= 15 is 0 Å². The van der Waals surface area contributed by atoms with Crippen LogP contribution in [0.5, 0.6) is 0 Å². The summed E-state index contributed by atoms with van der Waals surface area (Å²) in [7, 11) is 0. The molecule has 1 rings (SSSR count). The average molecular weight is 553 g/mol. The summed E-state index contributed by atoms with van der Waals surface area (Å²) in [5.74, 6) is 0. The number of hydrogen-bond acceptors (Lipinski definition) is 3. The molecule has 0 bridgehead atoms. The summed E-state index contributed by atoms with van der Waals surface area (Å²) in [5, 5.41) is 11.7. The third-order valence-corrected chi connectivity index (χ3v) is 1.03. The van der Waals surface area contributed by atoms with Crippen molar-refractivity contribution in [2.75, 3.05) is 13.1 Å². The Kier molecular flexibility index (Phi) is 16.0. The van der Waals surface area contributed by atoms with E-state index in [1.54, 1.807) is 0 Å². The van der Waals surface area contributed by atoms with Crippen LogP contribution in [-0.2, 0) is 11.2 Å². The molecular formula is C4H12I2N2OPt. The van der Waals surface area contributed by atoms with E-state index in [0.29, 0.717) is 11.2 Å². The Morgan fingerprint density at radius 3 is 2.10 bits per heavy atom. The van der Waals surface area contributed by atoms with E-state index in [-0.39, 0.29) is 12.3 Å². The molecule has 0 radical (unpaired) electrons. The first-order valence-corrected chi connectivity index (χ1v) is 15.4. The summed E-state index contributed by atoms with van der Waals surface area (Å²) >= 11 is 5.30. The van der Waals surface area contributed by atoms with Crippen LogP contribution in [0.25, 0.3) is 0 Å². The number of β-amino-alcohol motifs (C(OH)–C–C–N with tert-alkyl or cyclic N) is 1. The van der Waals surface area contributed by atoms with Crippen LogP contribution in [0.2, 0.25) is 0 Å². The van der Waals surface area contributed by atoms with Crippen LogP contribution >= 0.6 is 38.7 Å². The SMILES string of the molecule is N.OC1CCNC1.[I][Pt][I]. The summed E-state index contributed by atoms with van der Waals surface area (Å²) < 4.78 is 0. The third kappa shape index (κ3) is 10.0. The van der Waals surface area contributed by atoms with Crippen molar-refractivity contribution in [1.82, 2.24) is 11.5 Å². The van der Waals surface area contributed by atoms with Gasteiger partial charge in [0, 0.05) is 6.54 Å². The van der Waals surface area contributed by atoms with Crippen LogP contribution in [0, 0.1) is 0 Å². The van der Waals surface area contributed by atoms with Gasteiger partial charge in [-0.2, -0.15) is 0 Å². The molecule has 6 heteroatoms. The predicted molar refractivity (Wildman–Crippen MR) is 56.6 cm³/mol. The van der Waals surface area contributed by atoms with Crippen LogP contribution in [-0.4, -0.2) is 24.3 Å². The maximum absolute atomic E-state index is 8.67. The molecule has 1 atom stereocenters. The molecule has 3 nitrogen and oxygen atoms in total. The molecule has 1 saturated heterocycles. The monoisotopic (exact) mass is 553 g/mol. The Bertz CT molecular complexity index is 63.2. The zero-order chi connectivity index (χ0) is 7.11. The molecule has 0 amide bonds. The molecule has 0 saturated carbocycles. The van der Waals surface area contributed by atoms with E-state index < -0.39 is 0 Å².